The Labute approximate surface area is 65.3 Å². The van der Waals surface area contributed by atoms with Gasteiger partial charge in [-0.2, -0.15) is 0 Å². The second-order valence-corrected chi connectivity index (χ2v) is 2.59. The van der Waals surface area contributed by atoms with Crippen LogP contribution in [0.4, 0.5) is 0 Å². The van der Waals surface area contributed by atoms with Gasteiger partial charge in [-0.25, -0.2) is 0 Å². The maximum absolute atomic E-state index is 10.4. The van der Waals surface area contributed by atoms with E-state index >= 15 is 0 Å². The van der Waals surface area contributed by atoms with E-state index in [0.717, 1.165) is 6.21 Å². The minimum Gasteiger partial charge on any atom is -0.480 e. The first-order valence-electron chi connectivity index (χ1n) is 3.32. The van der Waals surface area contributed by atoms with Crippen molar-refractivity contribution in [3.63, 3.8) is 0 Å². The molecule has 1 atom stereocenters. The molecule has 0 rings (SSSR count). The summed E-state index contributed by atoms with van der Waals surface area (Å²) in [5.41, 5.74) is 0.0764. The zero-order chi connectivity index (χ0) is 9.02. The van der Waals surface area contributed by atoms with E-state index in [-0.39, 0.29) is 11.6 Å². The molecule has 1 unspecified atom stereocenters. The van der Waals surface area contributed by atoms with Crippen LogP contribution in [0.15, 0.2) is 0 Å². The Morgan fingerprint density at radius 1 is 1.55 bits per heavy atom. The van der Waals surface area contributed by atoms with Crippen molar-refractivity contribution < 1.29 is 9.90 Å². The number of rotatable bonds is 4. The number of carboxylic acids is 1. The Bertz CT molecular complexity index is 187. The molecule has 0 amide bonds. The molecule has 0 aromatic carbocycles. The Balaban J connectivity index is 4.39. The van der Waals surface area contributed by atoms with Crippen LogP contribution in [0.3, 0.4) is 0 Å². The molecule has 0 radical (unpaired) electrons. The van der Waals surface area contributed by atoms with Crippen LogP contribution in [0.1, 0.15) is 13.8 Å². The molecule has 4 heteroatoms. The standard InChI is InChI=1S/C7H12N2O2/c1-4(2)6(9)5(3-8)7(10)11/h3-5,8-9H,1-2H3,(H,10,11). The molecule has 0 aliphatic carbocycles. The Kier molecular flexibility index (Phi) is 3.44. The van der Waals surface area contributed by atoms with Crippen LogP contribution >= 0.6 is 0 Å². The van der Waals surface area contributed by atoms with Gasteiger partial charge in [0, 0.05) is 11.9 Å². The maximum Gasteiger partial charge on any atom is 0.317 e. The fourth-order valence-electron chi connectivity index (χ4n) is 0.653. The van der Waals surface area contributed by atoms with Crippen LogP contribution in [0.2, 0.25) is 0 Å². The lowest BCUT2D eigenvalue weighted by Gasteiger charge is -2.10. The smallest absolute Gasteiger partial charge is 0.317 e. The van der Waals surface area contributed by atoms with Gasteiger partial charge < -0.3 is 15.9 Å². The summed E-state index contributed by atoms with van der Waals surface area (Å²) in [7, 11) is 0. The summed E-state index contributed by atoms with van der Waals surface area (Å²) in [5.74, 6) is -2.29. The molecular formula is C7H12N2O2. The topological polar surface area (TPSA) is 85.0 Å². The first-order chi connectivity index (χ1) is 5.00. The van der Waals surface area contributed by atoms with E-state index < -0.39 is 11.9 Å². The third kappa shape index (κ3) is 2.49. The fraction of sp³-hybridized carbons (Fsp3) is 0.571. The molecule has 0 aromatic heterocycles. The highest BCUT2D eigenvalue weighted by Gasteiger charge is 2.21. The van der Waals surface area contributed by atoms with E-state index in [0.29, 0.717) is 0 Å². The first-order valence-corrected chi connectivity index (χ1v) is 3.32. The van der Waals surface area contributed by atoms with Gasteiger partial charge in [0.1, 0.15) is 5.92 Å². The molecular weight excluding hydrogens is 144 g/mol. The third-order valence-electron chi connectivity index (χ3n) is 1.39. The highest BCUT2D eigenvalue weighted by atomic mass is 16.4. The molecule has 0 fully saturated rings. The van der Waals surface area contributed by atoms with Gasteiger partial charge in [0.25, 0.3) is 0 Å². The van der Waals surface area contributed by atoms with Crippen molar-refractivity contribution in [2.75, 3.05) is 0 Å². The van der Waals surface area contributed by atoms with E-state index in [1.807, 2.05) is 0 Å². The van der Waals surface area contributed by atoms with Gasteiger partial charge in [-0.05, 0) is 5.92 Å². The summed E-state index contributed by atoms with van der Waals surface area (Å²) >= 11 is 0. The van der Waals surface area contributed by atoms with Gasteiger partial charge in [0.05, 0.1) is 0 Å². The number of hydrogen-bond donors (Lipinski definition) is 3. The van der Waals surface area contributed by atoms with Crippen molar-refractivity contribution >= 4 is 17.9 Å². The highest BCUT2D eigenvalue weighted by molar-refractivity contribution is 6.12. The normalized spacial score (nSPS) is 12.6. The van der Waals surface area contributed by atoms with E-state index in [1.165, 1.54) is 0 Å². The second kappa shape index (κ2) is 3.85. The molecule has 0 heterocycles. The second-order valence-electron chi connectivity index (χ2n) is 2.59. The van der Waals surface area contributed by atoms with Crippen LogP contribution < -0.4 is 0 Å². The summed E-state index contributed by atoms with van der Waals surface area (Å²) < 4.78 is 0. The van der Waals surface area contributed by atoms with Gasteiger partial charge in [0.15, 0.2) is 0 Å². The largest absolute Gasteiger partial charge is 0.480 e. The molecule has 0 aliphatic heterocycles. The Morgan fingerprint density at radius 3 is 2.09 bits per heavy atom. The van der Waals surface area contributed by atoms with Crippen molar-refractivity contribution in [1.29, 1.82) is 10.8 Å². The fourth-order valence-corrected chi connectivity index (χ4v) is 0.653. The molecule has 0 bridgehead atoms. The average molecular weight is 156 g/mol. The molecule has 0 saturated carbocycles. The number of hydrogen-bond acceptors (Lipinski definition) is 3. The zero-order valence-corrected chi connectivity index (χ0v) is 6.59. The quantitative estimate of drug-likeness (QED) is 0.530. The lowest BCUT2D eigenvalue weighted by Crippen LogP contribution is -2.27. The number of carbonyl (C=O) groups is 1. The van der Waals surface area contributed by atoms with Crippen LogP contribution in [0, 0.1) is 22.7 Å². The van der Waals surface area contributed by atoms with Gasteiger partial charge >= 0.3 is 5.97 Å². The predicted molar refractivity (Wildman–Crippen MR) is 42.5 cm³/mol. The minimum atomic E-state index is -1.13. The summed E-state index contributed by atoms with van der Waals surface area (Å²) in [6, 6.07) is 0. The number of carboxylic acid groups (broad SMARTS) is 1. The monoisotopic (exact) mass is 156 g/mol. The minimum absolute atomic E-state index is 0.0764. The van der Waals surface area contributed by atoms with Crippen LogP contribution in [-0.4, -0.2) is 23.0 Å². The van der Waals surface area contributed by atoms with Crippen molar-refractivity contribution in [1.82, 2.24) is 0 Å². The van der Waals surface area contributed by atoms with E-state index in [9.17, 15) is 4.79 Å². The van der Waals surface area contributed by atoms with E-state index in [2.05, 4.69) is 0 Å². The van der Waals surface area contributed by atoms with Crippen molar-refractivity contribution in [2.24, 2.45) is 11.8 Å². The van der Waals surface area contributed by atoms with Crippen LogP contribution in [0.25, 0.3) is 0 Å². The predicted octanol–water partition coefficient (Wildman–Crippen LogP) is 1.01. The summed E-state index contributed by atoms with van der Waals surface area (Å²) in [6.45, 7) is 3.48. The van der Waals surface area contributed by atoms with Crippen molar-refractivity contribution in [2.45, 2.75) is 13.8 Å². The summed E-state index contributed by atoms with van der Waals surface area (Å²) in [5, 5.41) is 22.6. The Morgan fingerprint density at radius 2 is 2.00 bits per heavy atom. The average Bonchev–Trinajstić information content (AvgIpc) is 1.88. The first kappa shape index (κ1) is 9.81. The van der Waals surface area contributed by atoms with Crippen LogP contribution in [0.5, 0.6) is 0 Å². The van der Waals surface area contributed by atoms with Gasteiger partial charge in [-0.1, -0.05) is 13.8 Å². The third-order valence-corrected chi connectivity index (χ3v) is 1.39. The summed E-state index contributed by atoms with van der Waals surface area (Å²) in [6.07, 6.45) is 0.782. The molecule has 0 aromatic rings. The van der Waals surface area contributed by atoms with Crippen molar-refractivity contribution in [3.05, 3.63) is 0 Å². The molecule has 11 heavy (non-hydrogen) atoms. The van der Waals surface area contributed by atoms with Gasteiger partial charge in [-0.3, -0.25) is 4.79 Å². The lowest BCUT2D eigenvalue weighted by molar-refractivity contribution is -0.137. The van der Waals surface area contributed by atoms with E-state index in [4.69, 9.17) is 15.9 Å². The molecule has 0 aliphatic rings. The zero-order valence-electron chi connectivity index (χ0n) is 6.59. The van der Waals surface area contributed by atoms with E-state index in [1.54, 1.807) is 13.8 Å². The molecule has 3 N–H and O–H groups in total. The van der Waals surface area contributed by atoms with Gasteiger partial charge in [0.2, 0.25) is 0 Å². The molecule has 62 valence electrons. The summed E-state index contributed by atoms with van der Waals surface area (Å²) in [4.78, 5) is 10.4. The molecule has 4 nitrogen and oxygen atoms in total. The van der Waals surface area contributed by atoms with Gasteiger partial charge in [-0.15, -0.1) is 0 Å². The van der Waals surface area contributed by atoms with Crippen molar-refractivity contribution in [3.8, 4) is 0 Å². The number of nitrogens with one attached hydrogen (secondary N) is 2. The Hall–Kier alpha value is -1.19. The number of aliphatic carboxylic acids is 1. The molecule has 0 saturated heterocycles. The maximum atomic E-state index is 10.4. The lowest BCUT2D eigenvalue weighted by atomic mass is 9.95. The molecule has 0 spiro atoms. The SMILES string of the molecule is CC(C)C(=N)C(C=N)C(=O)O. The van der Waals surface area contributed by atoms with Crippen LogP contribution in [-0.2, 0) is 4.79 Å². The highest BCUT2D eigenvalue weighted by Crippen LogP contribution is 2.05.